The Kier molecular flexibility index (Phi) is 9.60. The maximum atomic E-state index is 13.3. The van der Waals surface area contributed by atoms with E-state index in [1.807, 2.05) is 13.8 Å². The summed E-state index contributed by atoms with van der Waals surface area (Å²) in [6.45, 7) is 4.58. The van der Waals surface area contributed by atoms with Crippen LogP contribution in [-0.4, -0.2) is 87.2 Å². The van der Waals surface area contributed by atoms with Crippen molar-refractivity contribution in [2.45, 2.75) is 26.0 Å². The smallest absolute Gasteiger partial charge is 0.257 e. The number of hydrogen-bond acceptors (Lipinski definition) is 6. The van der Waals surface area contributed by atoms with Crippen LogP contribution in [-0.2, 0) is 14.3 Å². The first-order valence-corrected chi connectivity index (χ1v) is 12.0. The first-order valence-electron chi connectivity index (χ1n) is 12.0. The largest absolute Gasteiger partial charge is 0.491 e. The highest BCUT2D eigenvalue weighted by atomic mass is 19.1. The summed E-state index contributed by atoms with van der Waals surface area (Å²) in [4.78, 5) is 42.0. The van der Waals surface area contributed by atoms with Gasteiger partial charge < -0.3 is 29.3 Å². The Morgan fingerprint density at radius 3 is 2.46 bits per heavy atom. The Hall–Kier alpha value is -3.50. The maximum Gasteiger partial charge on any atom is 0.257 e. The van der Waals surface area contributed by atoms with E-state index in [9.17, 15) is 18.8 Å². The Morgan fingerprint density at radius 1 is 1.11 bits per heavy atom. The number of amides is 3. The summed E-state index contributed by atoms with van der Waals surface area (Å²) in [5.41, 5.74) is 0.998. The highest BCUT2D eigenvalue weighted by molar-refractivity contribution is 6.05. The van der Waals surface area contributed by atoms with E-state index in [0.717, 1.165) is 0 Å². The van der Waals surface area contributed by atoms with Crippen LogP contribution in [0.25, 0.3) is 0 Å². The highest BCUT2D eigenvalue weighted by Crippen LogP contribution is 2.27. The molecule has 1 aliphatic heterocycles. The van der Waals surface area contributed by atoms with Crippen molar-refractivity contribution in [1.82, 2.24) is 9.80 Å². The van der Waals surface area contributed by atoms with Crippen molar-refractivity contribution in [2.75, 3.05) is 52.9 Å². The van der Waals surface area contributed by atoms with Gasteiger partial charge >= 0.3 is 0 Å². The minimum absolute atomic E-state index is 0.0635. The molecule has 0 saturated heterocycles. The maximum absolute atomic E-state index is 13.3. The lowest BCUT2D eigenvalue weighted by atomic mass is 10.0. The zero-order chi connectivity index (χ0) is 27.1. The number of ether oxygens (including phenoxy) is 3. The lowest BCUT2D eigenvalue weighted by Gasteiger charge is -2.36. The van der Waals surface area contributed by atoms with E-state index >= 15 is 0 Å². The summed E-state index contributed by atoms with van der Waals surface area (Å²) in [6, 6.07) is 9.61. The minimum atomic E-state index is -0.440. The van der Waals surface area contributed by atoms with Gasteiger partial charge in [0.15, 0.2) is 0 Å². The van der Waals surface area contributed by atoms with Crippen molar-refractivity contribution in [1.29, 1.82) is 0 Å². The second-order valence-corrected chi connectivity index (χ2v) is 9.25. The van der Waals surface area contributed by atoms with Crippen molar-refractivity contribution < 1.29 is 33.0 Å². The molecule has 0 fully saturated rings. The van der Waals surface area contributed by atoms with Gasteiger partial charge in [-0.2, -0.15) is 0 Å². The fourth-order valence-electron chi connectivity index (χ4n) is 4.21. The number of benzene rings is 2. The molecular weight excluding hydrogens is 481 g/mol. The summed E-state index contributed by atoms with van der Waals surface area (Å²) in [6.07, 6.45) is -0.308. The van der Waals surface area contributed by atoms with Crippen LogP contribution in [0.2, 0.25) is 0 Å². The second kappa shape index (κ2) is 12.6. The molecule has 0 radical (unpaired) electrons. The number of carbonyl (C=O) groups excluding carboxylic acids is 3. The summed E-state index contributed by atoms with van der Waals surface area (Å²) in [5, 5.41) is 2.75. The molecule has 1 aliphatic rings. The molecule has 0 bridgehead atoms. The summed E-state index contributed by atoms with van der Waals surface area (Å²) >= 11 is 0. The van der Waals surface area contributed by atoms with Crippen molar-refractivity contribution in [3.05, 3.63) is 59.4 Å². The number of nitrogens with zero attached hydrogens (tertiary/aromatic N) is 2. The zero-order valence-corrected chi connectivity index (χ0v) is 21.8. The lowest BCUT2D eigenvalue weighted by Crippen LogP contribution is -2.49. The number of carbonyl (C=O) groups is 3. The van der Waals surface area contributed by atoms with E-state index in [2.05, 4.69) is 5.32 Å². The Labute approximate surface area is 216 Å². The molecule has 0 aliphatic carbocycles. The van der Waals surface area contributed by atoms with Gasteiger partial charge in [-0.25, -0.2) is 4.39 Å². The number of fused-ring (bicyclic) bond motifs is 1. The Bertz CT molecular complexity index is 1110. The monoisotopic (exact) mass is 515 g/mol. The van der Waals surface area contributed by atoms with Gasteiger partial charge in [0.05, 0.1) is 17.7 Å². The molecule has 37 heavy (non-hydrogen) atoms. The van der Waals surface area contributed by atoms with Gasteiger partial charge in [0.2, 0.25) is 5.91 Å². The molecule has 3 amide bonds. The molecule has 0 saturated carbocycles. The van der Waals surface area contributed by atoms with E-state index in [-0.39, 0.29) is 54.4 Å². The second-order valence-electron chi connectivity index (χ2n) is 9.25. The Morgan fingerprint density at radius 2 is 1.81 bits per heavy atom. The van der Waals surface area contributed by atoms with Crippen LogP contribution in [0.4, 0.5) is 10.1 Å². The van der Waals surface area contributed by atoms with Crippen molar-refractivity contribution in [3.8, 4) is 5.75 Å². The van der Waals surface area contributed by atoms with Gasteiger partial charge in [0.25, 0.3) is 11.8 Å². The van der Waals surface area contributed by atoms with Gasteiger partial charge in [-0.15, -0.1) is 0 Å². The molecule has 3 atom stereocenters. The van der Waals surface area contributed by atoms with Crippen LogP contribution in [0.1, 0.15) is 34.6 Å². The number of anilines is 1. The SMILES string of the molecule is COCC(=O)N1C[C@@H](C)[C@H](OC)CN(C)C(=O)c2ccc(NC(=O)c3ccc(F)cc3)cc2OC[C@@H]1C. The molecule has 0 unspecified atom stereocenters. The fraction of sp³-hybridized carbons (Fsp3) is 0.444. The zero-order valence-electron chi connectivity index (χ0n) is 21.8. The topological polar surface area (TPSA) is 97.4 Å². The van der Waals surface area contributed by atoms with E-state index in [4.69, 9.17) is 14.2 Å². The molecule has 3 rings (SSSR count). The molecule has 10 heteroatoms. The predicted molar refractivity (Wildman–Crippen MR) is 136 cm³/mol. The number of halogens is 1. The van der Waals surface area contributed by atoms with Crippen LogP contribution >= 0.6 is 0 Å². The quantitative estimate of drug-likeness (QED) is 0.658. The number of hydrogen-bond donors (Lipinski definition) is 1. The van der Waals surface area contributed by atoms with Crippen molar-refractivity contribution in [3.63, 3.8) is 0 Å². The van der Waals surface area contributed by atoms with Gasteiger partial charge in [-0.1, -0.05) is 6.92 Å². The first kappa shape index (κ1) is 28.1. The van der Waals surface area contributed by atoms with Crippen molar-refractivity contribution >= 4 is 23.4 Å². The number of nitrogens with one attached hydrogen (secondary N) is 1. The molecule has 2 aromatic carbocycles. The summed E-state index contributed by atoms with van der Waals surface area (Å²) in [5.74, 6) is -1.11. The average molecular weight is 516 g/mol. The van der Waals surface area contributed by atoms with Gasteiger partial charge in [0, 0.05) is 57.6 Å². The third-order valence-electron chi connectivity index (χ3n) is 6.40. The Balaban J connectivity index is 1.93. The number of likely N-dealkylation sites (N-methyl/N-ethyl adjacent to an activating group) is 1. The highest BCUT2D eigenvalue weighted by Gasteiger charge is 2.30. The third kappa shape index (κ3) is 7.05. The fourth-order valence-corrected chi connectivity index (χ4v) is 4.21. The standard InChI is InChI=1S/C27H34FN3O6/c1-17-13-31(25(32)16-35-4)18(2)15-37-23-12-21(29-26(33)19-6-8-20(28)9-7-19)10-11-22(23)27(34)30(3)14-24(17)36-5/h6-12,17-18,24H,13-16H2,1-5H3,(H,29,33)/t17-,18+,24-/m1/s1. The number of rotatable bonds is 5. The third-order valence-corrected chi connectivity index (χ3v) is 6.40. The van der Waals surface area contributed by atoms with E-state index < -0.39 is 11.7 Å². The van der Waals surface area contributed by atoms with Crippen LogP contribution in [0, 0.1) is 11.7 Å². The van der Waals surface area contributed by atoms with Crippen LogP contribution in [0.5, 0.6) is 5.75 Å². The molecule has 200 valence electrons. The van der Waals surface area contributed by atoms with Crippen LogP contribution < -0.4 is 10.1 Å². The lowest BCUT2D eigenvalue weighted by molar-refractivity contribution is -0.139. The predicted octanol–water partition coefficient (Wildman–Crippen LogP) is 3.06. The molecule has 9 nitrogen and oxygen atoms in total. The van der Waals surface area contributed by atoms with Gasteiger partial charge in [0.1, 0.15) is 24.8 Å². The average Bonchev–Trinajstić information content (AvgIpc) is 2.88. The first-order chi connectivity index (χ1) is 17.6. The van der Waals surface area contributed by atoms with Crippen molar-refractivity contribution in [2.24, 2.45) is 5.92 Å². The normalized spacial score (nSPS) is 20.8. The molecular formula is C27H34FN3O6. The summed E-state index contributed by atoms with van der Waals surface area (Å²) < 4.78 is 30.0. The molecule has 1 N–H and O–H groups in total. The van der Waals surface area contributed by atoms with Crippen LogP contribution in [0.3, 0.4) is 0 Å². The van der Waals surface area contributed by atoms with E-state index in [1.54, 1.807) is 42.2 Å². The van der Waals surface area contributed by atoms with Crippen LogP contribution in [0.15, 0.2) is 42.5 Å². The van der Waals surface area contributed by atoms with Gasteiger partial charge in [-0.05, 0) is 43.3 Å². The molecule has 2 aromatic rings. The molecule has 0 aromatic heterocycles. The van der Waals surface area contributed by atoms with Gasteiger partial charge in [-0.3, -0.25) is 14.4 Å². The molecule has 0 spiro atoms. The van der Waals surface area contributed by atoms with E-state index in [1.165, 1.54) is 31.4 Å². The number of methoxy groups -OCH3 is 2. The molecule has 1 heterocycles. The van der Waals surface area contributed by atoms with E-state index in [0.29, 0.717) is 24.3 Å². The summed E-state index contributed by atoms with van der Waals surface area (Å²) in [7, 11) is 4.73. The minimum Gasteiger partial charge on any atom is -0.491 e.